The van der Waals surface area contributed by atoms with Crippen LogP contribution in [0, 0.1) is 18.3 Å². The Bertz CT molecular complexity index is 1060. The topological polar surface area (TPSA) is 96.2 Å². The van der Waals surface area contributed by atoms with Crippen molar-refractivity contribution in [3.05, 3.63) is 59.4 Å². The van der Waals surface area contributed by atoms with Crippen LogP contribution >= 0.6 is 0 Å². The third kappa shape index (κ3) is 3.08. The van der Waals surface area contributed by atoms with Crippen LogP contribution in [0.2, 0.25) is 0 Å². The van der Waals surface area contributed by atoms with E-state index in [1.165, 1.54) is 0 Å². The van der Waals surface area contributed by atoms with Crippen molar-refractivity contribution in [2.75, 3.05) is 31.1 Å². The third-order valence-electron chi connectivity index (χ3n) is 5.34. The summed E-state index contributed by atoms with van der Waals surface area (Å²) in [7, 11) is 0. The van der Waals surface area contributed by atoms with Crippen LogP contribution in [0.3, 0.4) is 0 Å². The van der Waals surface area contributed by atoms with Gasteiger partial charge in [-0.3, -0.25) is 9.69 Å². The van der Waals surface area contributed by atoms with E-state index in [1.54, 1.807) is 18.3 Å². The minimum absolute atomic E-state index is 0.540. The maximum atomic E-state index is 12.2. The molecule has 0 spiro atoms. The Labute approximate surface area is 162 Å². The van der Waals surface area contributed by atoms with Gasteiger partial charge in [-0.25, -0.2) is 4.98 Å². The molecule has 142 valence electrons. The second-order valence-corrected chi connectivity index (χ2v) is 6.96. The summed E-state index contributed by atoms with van der Waals surface area (Å²) < 4.78 is 0. The van der Waals surface area contributed by atoms with Gasteiger partial charge in [0.25, 0.3) is 0 Å². The Hall–Kier alpha value is -3.37. The molecule has 1 aromatic carbocycles. The summed E-state index contributed by atoms with van der Waals surface area (Å²) in [5.41, 5.74) is 3.20. The summed E-state index contributed by atoms with van der Waals surface area (Å²) >= 11 is 0. The Kier molecular flexibility index (Phi) is 4.72. The zero-order valence-corrected chi connectivity index (χ0v) is 15.6. The normalized spacial score (nSPS) is 16.1. The monoisotopic (exact) mass is 375 g/mol. The highest BCUT2D eigenvalue weighted by molar-refractivity contribution is 5.90. The fourth-order valence-electron chi connectivity index (χ4n) is 4.04. The molecular formula is C21H21N5O2. The summed E-state index contributed by atoms with van der Waals surface area (Å²) in [6.07, 6.45) is 1.68. The van der Waals surface area contributed by atoms with Crippen LogP contribution in [-0.2, 0) is 4.79 Å². The van der Waals surface area contributed by atoms with Crippen molar-refractivity contribution in [2.45, 2.75) is 13.0 Å². The second kappa shape index (κ2) is 7.33. The first-order chi connectivity index (χ1) is 13.6. The number of carbonyl (C=O) groups is 1. The zero-order valence-electron chi connectivity index (χ0n) is 15.6. The van der Waals surface area contributed by atoms with Crippen molar-refractivity contribution in [3.63, 3.8) is 0 Å². The van der Waals surface area contributed by atoms with Crippen LogP contribution < -0.4 is 4.90 Å². The maximum absolute atomic E-state index is 12.2. The van der Waals surface area contributed by atoms with Gasteiger partial charge < -0.3 is 15.0 Å². The largest absolute Gasteiger partial charge is 0.480 e. The van der Waals surface area contributed by atoms with E-state index in [1.807, 2.05) is 36.1 Å². The molecule has 0 amide bonds. The van der Waals surface area contributed by atoms with Gasteiger partial charge in [0.2, 0.25) is 0 Å². The van der Waals surface area contributed by atoms with Crippen LogP contribution in [0.1, 0.15) is 22.9 Å². The van der Waals surface area contributed by atoms with Crippen molar-refractivity contribution in [2.24, 2.45) is 0 Å². The van der Waals surface area contributed by atoms with Gasteiger partial charge in [0.05, 0.1) is 5.56 Å². The SMILES string of the molecule is Cc1[nH]c2ccccc2c1C(C(=O)O)N1CCN(c2ncccc2C#N)CC1. The van der Waals surface area contributed by atoms with E-state index < -0.39 is 12.0 Å². The molecule has 1 fully saturated rings. The molecule has 0 bridgehead atoms. The average molecular weight is 375 g/mol. The maximum Gasteiger partial charge on any atom is 0.325 e. The highest BCUT2D eigenvalue weighted by atomic mass is 16.4. The number of nitriles is 1. The molecule has 1 aliphatic heterocycles. The molecule has 3 heterocycles. The number of hydrogen-bond acceptors (Lipinski definition) is 5. The van der Waals surface area contributed by atoms with E-state index >= 15 is 0 Å². The number of aliphatic carboxylic acids is 1. The number of aromatic amines is 1. The van der Waals surface area contributed by atoms with Crippen LogP contribution in [0.25, 0.3) is 10.9 Å². The Morgan fingerprint density at radius 2 is 1.96 bits per heavy atom. The Balaban J connectivity index is 1.61. The highest BCUT2D eigenvalue weighted by Gasteiger charge is 2.33. The number of benzene rings is 1. The molecule has 1 saturated heterocycles. The summed E-state index contributed by atoms with van der Waals surface area (Å²) in [6, 6.07) is 12.8. The smallest absolute Gasteiger partial charge is 0.325 e. The minimum atomic E-state index is -0.850. The van der Waals surface area contributed by atoms with Crippen LogP contribution in [-0.4, -0.2) is 52.1 Å². The summed E-state index contributed by atoms with van der Waals surface area (Å²) in [5.74, 6) is -0.184. The van der Waals surface area contributed by atoms with Crippen molar-refractivity contribution >= 4 is 22.7 Å². The molecule has 7 heteroatoms. The lowest BCUT2D eigenvalue weighted by Gasteiger charge is -2.38. The summed E-state index contributed by atoms with van der Waals surface area (Å²) in [5, 5.41) is 20.3. The number of fused-ring (bicyclic) bond motifs is 1. The molecule has 1 unspecified atom stereocenters. The number of piperazine rings is 1. The van der Waals surface area contributed by atoms with Gasteiger partial charge in [0, 0.05) is 54.5 Å². The molecule has 1 aliphatic rings. The lowest BCUT2D eigenvalue weighted by molar-refractivity contribution is -0.143. The van der Waals surface area contributed by atoms with Gasteiger partial charge in [-0.1, -0.05) is 18.2 Å². The number of para-hydroxylation sites is 1. The lowest BCUT2D eigenvalue weighted by Crippen LogP contribution is -2.49. The highest BCUT2D eigenvalue weighted by Crippen LogP contribution is 2.33. The van der Waals surface area contributed by atoms with Gasteiger partial charge in [0.15, 0.2) is 0 Å². The summed E-state index contributed by atoms with van der Waals surface area (Å²) in [6.45, 7) is 4.33. The molecule has 0 aliphatic carbocycles. The van der Waals surface area contributed by atoms with E-state index in [0.717, 1.165) is 22.2 Å². The number of nitrogens with one attached hydrogen (secondary N) is 1. The molecular weight excluding hydrogens is 354 g/mol. The number of rotatable bonds is 4. The standard InChI is InChI=1S/C21H21N5O2/c1-14-18(16-6-2-3-7-17(16)24-14)19(21(27)28)25-9-11-26(12-10-25)20-15(13-22)5-4-8-23-20/h2-8,19,24H,9-12H2,1H3,(H,27,28). The number of aryl methyl sites for hydroxylation is 1. The van der Waals surface area contributed by atoms with E-state index in [0.29, 0.717) is 37.6 Å². The molecule has 0 saturated carbocycles. The first kappa shape index (κ1) is 18.0. The number of carboxylic acids is 1. The van der Waals surface area contributed by atoms with E-state index in [-0.39, 0.29) is 0 Å². The van der Waals surface area contributed by atoms with E-state index in [4.69, 9.17) is 0 Å². The van der Waals surface area contributed by atoms with Crippen molar-refractivity contribution < 1.29 is 9.90 Å². The fraction of sp³-hybridized carbons (Fsp3) is 0.286. The van der Waals surface area contributed by atoms with Crippen molar-refractivity contribution in [1.29, 1.82) is 5.26 Å². The average Bonchev–Trinajstić information content (AvgIpc) is 3.04. The Morgan fingerprint density at radius 1 is 1.21 bits per heavy atom. The van der Waals surface area contributed by atoms with Gasteiger partial charge in [-0.05, 0) is 25.1 Å². The van der Waals surface area contributed by atoms with Crippen molar-refractivity contribution in [1.82, 2.24) is 14.9 Å². The second-order valence-electron chi connectivity index (χ2n) is 6.96. The first-order valence-corrected chi connectivity index (χ1v) is 9.24. The number of nitrogens with zero attached hydrogens (tertiary/aromatic N) is 4. The van der Waals surface area contributed by atoms with Crippen LogP contribution in [0.4, 0.5) is 5.82 Å². The number of H-pyrrole nitrogens is 1. The number of anilines is 1. The Morgan fingerprint density at radius 3 is 2.68 bits per heavy atom. The van der Waals surface area contributed by atoms with Gasteiger partial charge in [0.1, 0.15) is 17.9 Å². The predicted octanol–water partition coefficient (Wildman–Crippen LogP) is 2.69. The van der Waals surface area contributed by atoms with Crippen LogP contribution in [0.5, 0.6) is 0 Å². The number of pyridine rings is 1. The molecule has 0 radical (unpaired) electrons. The quantitative estimate of drug-likeness (QED) is 0.728. The molecule has 4 rings (SSSR count). The zero-order chi connectivity index (χ0) is 19.7. The fourth-order valence-corrected chi connectivity index (χ4v) is 4.04. The number of aromatic nitrogens is 2. The molecule has 2 aromatic heterocycles. The van der Waals surface area contributed by atoms with E-state index in [2.05, 4.69) is 20.9 Å². The van der Waals surface area contributed by atoms with Crippen LogP contribution in [0.15, 0.2) is 42.6 Å². The van der Waals surface area contributed by atoms with Gasteiger partial charge >= 0.3 is 5.97 Å². The van der Waals surface area contributed by atoms with Gasteiger partial charge in [-0.15, -0.1) is 0 Å². The first-order valence-electron chi connectivity index (χ1n) is 9.24. The third-order valence-corrected chi connectivity index (χ3v) is 5.34. The number of hydrogen-bond donors (Lipinski definition) is 2. The predicted molar refractivity (Wildman–Crippen MR) is 106 cm³/mol. The van der Waals surface area contributed by atoms with Crippen molar-refractivity contribution in [3.8, 4) is 6.07 Å². The molecule has 28 heavy (non-hydrogen) atoms. The summed E-state index contributed by atoms with van der Waals surface area (Å²) in [4.78, 5) is 23.9. The molecule has 2 N–H and O–H groups in total. The lowest BCUT2D eigenvalue weighted by atomic mass is 10.0. The number of carboxylic acid groups (broad SMARTS) is 1. The molecule has 7 nitrogen and oxygen atoms in total. The molecule has 1 atom stereocenters. The van der Waals surface area contributed by atoms with E-state index in [9.17, 15) is 15.2 Å². The van der Waals surface area contributed by atoms with Gasteiger partial charge in [-0.2, -0.15) is 5.26 Å². The minimum Gasteiger partial charge on any atom is -0.480 e. The molecule has 3 aromatic rings.